The summed E-state index contributed by atoms with van der Waals surface area (Å²) < 4.78 is 0. The molecule has 0 saturated heterocycles. The molecule has 2 N–H and O–H groups in total. The molecule has 1 aromatic heterocycles. The number of rotatable bonds is 2. The van der Waals surface area contributed by atoms with Crippen LogP contribution in [0.1, 0.15) is 44.4 Å². The Balaban J connectivity index is 2.80. The highest BCUT2D eigenvalue weighted by molar-refractivity contribution is 5.25. The predicted octanol–water partition coefficient (Wildman–Crippen LogP) is 2.83. The van der Waals surface area contributed by atoms with Gasteiger partial charge >= 0.3 is 0 Å². The molecular formula is C12H20N2. The van der Waals surface area contributed by atoms with Gasteiger partial charge in [-0.25, -0.2) is 0 Å². The molecule has 1 aromatic rings. The topological polar surface area (TPSA) is 38.9 Å². The molecule has 0 spiro atoms. The number of pyridine rings is 1. The van der Waals surface area contributed by atoms with E-state index < -0.39 is 0 Å². The highest BCUT2D eigenvalue weighted by Gasteiger charge is 2.17. The predicted molar refractivity (Wildman–Crippen MR) is 60.0 cm³/mol. The SMILES string of the molecule is Cc1cnccc1[C@@H](N)CC(C)(C)C. The second-order valence-electron chi connectivity index (χ2n) is 5.10. The lowest BCUT2D eigenvalue weighted by Crippen LogP contribution is -2.19. The van der Waals surface area contributed by atoms with E-state index in [4.69, 9.17) is 5.73 Å². The maximum Gasteiger partial charge on any atom is 0.0303 e. The highest BCUT2D eigenvalue weighted by atomic mass is 14.7. The summed E-state index contributed by atoms with van der Waals surface area (Å²) in [5, 5.41) is 0. The molecule has 0 radical (unpaired) electrons. The summed E-state index contributed by atoms with van der Waals surface area (Å²) in [6.07, 6.45) is 4.68. The van der Waals surface area contributed by atoms with Gasteiger partial charge in [-0.3, -0.25) is 4.98 Å². The number of hydrogen-bond acceptors (Lipinski definition) is 2. The summed E-state index contributed by atoms with van der Waals surface area (Å²) in [4.78, 5) is 4.07. The molecule has 1 atom stereocenters. The smallest absolute Gasteiger partial charge is 0.0303 e. The first-order valence-electron chi connectivity index (χ1n) is 5.06. The van der Waals surface area contributed by atoms with Gasteiger partial charge in [-0.1, -0.05) is 20.8 Å². The van der Waals surface area contributed by atoms with Gasteiger partial charge in [-0.15, -0.1) is 0 Å². The lowest BCUT2D eigenvalue weighted by atomic mass is 9.85. The van der Waals surface area contributed by atoms with Crippen LogP contribution in [0.2, 0.25) is 0 Å². The van der Waals surface area contributed by atoms with Crippen molar-refractivity contribution in [2.24, 2.45) is 11.1 Å². The van der Waals surface area contributed by atoms with E-state index in [1.165, 1.54) is 11.1 Å². The Kier molecular flexibility index (Phi) is 3.27. The lowest BCUT2D eigenvalue weighted by molar-refractivity contribution is 0.342. The van der Waals surface area contributed by atoms with Crippen LogP contribution in [-0.4, -0.2) is 4.98 Å². The summed E-state index contributed by atoms with van der Waals surface area (Å²) in [5.74, 6) is 0. The fourth-order valence-electron chi connectivity index (χ4n) is 1.67. The van der Waals surface area contributed by atoms with E-state index >= 15 is 0 Å². The van der Waals surface area contributed by atoms with Crippen molar-refractivity contribution in [3.63, 3.8) is 0 Å². The fraction of sp³-hybridized carbons (Fsp3) is 0.583. The molecule has 78 valence electrons. The molecule has 1 rings (SSSR count). The van der Waals surface area contributed by atoms with Crippen LogP contribution in [0.5, 0.6) is 0 Å². The average molecular weight is 192 g/mol. The number of aromatic nitrogens is 1. The van der Waals surface area contributed by atoms with Crippen LogP contribution in [0.4, 0.5) is 0 Å². The highest BCUT2D eigenvalue weighted by Crippen LogP contribution is 2.28. The molecule has 0 fully saturated rings. The first-order chi connectivity index (χ1) is 6.40. The van der Waals surface area contributed by atoms with E-state index in [2.05, 4.69) is 32.7 Å². The summed E-state index contributed by atoms with van der Waals surface area (Å²) in [7, 11) is 0. The molecular weight excluding hydrogens is 172 g/mol. The van der Waals surface area contributed by atoms with Crippen LogP contribution < -0.4 is 5.73 Å². The third-order valence-electron chi connectivity index (χ3n) is 2.30. The van der Waals surface area contributed by atoms with Crippen molar-refractivity contribution in [2.45, 2.75) is 40.2 Å². The minimum Gasteiger partial charge on any atom is -0.324 e. The van der Waals surface area contributed by atoms with E-state index in [0.717, 1.165) is 6.42 Å². The van der Waals surface area contributed by atoms with Crippen molar-refractivity contribution in [2.75, 3.05) is 0 Å². The molecule has 0 saturated carbocycles. The van der Waals surface area contributed by atoms with Crippen LogP contribution in [0, 0.1) is 12.3 Å². The molecule has 2 heteroatoms. The van der Waals surface area contributed by atoms with Crippen molar-refractivity contribution in [1.29, 1.82) is 0 Å². The largest absolute Gasteiger partial charge is 0.324 e. The van der Waals surface area contributed by atoms with Crippen LogP contribution in [0.15, 0.2) is 18.5 Å². The Bertz CT molecular complexity index is 299. The third kappa shape index (κ3) is 3.11. The molecule has 0 aliphatic carbocycles. The second kappa shape index (κ2) is 4.09. The van der Waals surface area contributed by atoms with Gasteiger partial charge in [0.25, 0.3) is 0 Å². The maximum atomic E-state index is 6.15. The van der Waals surface area contributed by atoms with Crippen molar-refractivity contribution in [3.05, 3.63) is 29.6 Å². The van der Waals surface area contributed by atoms with Gasteiger partial charge in [-0.05, 0) is 36.0 Å². The molecule has 1 heterocycles. The minimum absolute atomic E-state index is 0.123. The van der Waals surface area contributed by atoms with Gasteiger partial charge in [0.05, 0.1) is 0 Å². The zero-order valence-electron chi connectivity index (χ0n) is 9.54. The number of nitrogens with two attached hydrogens (primary N) is 1. The minimum atomic E-state index is 0.123. The maximum absolute atomic E-state index is 6.15. The number of aryl methyl sites for hydroxylation is 1. The number of hydrogen-bond donors (Lipinski definition) is 1. The molecule has 0 bridgehead atoms. The second-order valence-corrected chi connectivity index (χ2v) is 5.10. The van der Waals surface area contributed by atoms with Crippen molar-refractivity contribution >= 4 is 0 Å². The molecule has 0 unspecified atom stereocenters. The Morgan fingerprint density at radius 3 is 2.57 bits per heavy atom. The third-order valence-corrected chi connectivity index (χ3v) is 2.30. The van der Waals surface area contributed by atoms with Gasteiger partial charge in [0.2, 0.25) is 0 Å². The molecule has 2 nitrogen and oxygen atoms in total. The van der Waals surface area contributed by atoms with Gasteiger partial charge in [0, 0.05) is 18.4 Å². The summed E-state index contributed by atoms with van der Waals surface area (Å²) >= 11 is 0. The van der Waals surface area contributed by atoms with E-state index in [1.807, 2.05) is 18.5 Å². The van der Waals surface area contributed by atoms with Crippen molar-refractivity contribution in [3.8, 4) is 0 Å². The van der Waals surface area contributed by atoms with Gasteiger partial charge < -0.3 is 5.73 Å². The van der Waals surface area contributed by atoms with Crippen molar-refractivity contribution < 1.29 is 0 Å². The molecule has 0 aromatic carbocycles. The average Bonchev–Trinajstić information content (AvgIpc) is 2.01. The first-order valence-corrected chi connectivity index (χ1v) is 5.06. The monoisotopic (exact) mass is 192 g/mol. The Morgan fingerprint density at radius 2 is 2.07 bits per heavy atom. The van der Waals surface area contributed by atoms with Crippen LogP contribution in [-0.2, 0) is 0 Å². The standard InChI is InChI=1S/C12H20N2/c1-9-8-14-6-5-10(9)11(13)7-12(2,3)4/h5-6,8,11H,7,13H2,1-4H3/t11-/m0/s1. The Labute approximate surface area is 86.5 Å². The van der Waals surface area contributed by atoms with Crippen molar-refractivity contribution in [1.82, 2.24) is 4.98 Å². The Morgan fingerprint density at radius 1 is 1.43 bits per heavy atom. The normalized spacial score (nSPS) is 14.1. The molecule has 0 amide bonds. The van der Waals surface area contributed by atoms with Gasteiger partial charge in [-0.2, -0.15) is 0 Å². The quantitative estimate of drug-likeness (QED) is 0.782. The molecule has 0 aliphatic heterocycles. The Hall–Kier alpha value is -0.890. The van der Waals surface area contributed by atoms with Gasteiger partial charge in [0.1, 0.15) is 0 Å². The first kappa shape index (κ1) is 11.2. The van der Waals surface area contributed by atoms with Gasteiger partial charge in [0.15, 0.2) is 0 Å². The summed E-state index contributed by atoms with van der Waals surface area (Å²) in [6.45, 7) is 8.70. The molecule has 14 heavy (non-hydrogen) atoms. The van der Waals surface area contributed by atoms with E-state index in [-0.39, 0.29) is 11.5 Å². The van der Waals surface area contributed by atoms with Crippen LogP contribution >= 0.6 is 0 Å². The van der Waals surface area contributed by atoms with E-state index in [0.29, 0.717) is 0 Å². The lowest BCUT2D eigenvalue weighted by Gasteiger charge is -2.24. The zero-order chi connectivity index (χ0) is 10.8. The zero-order valence-corrected chi connectivity index (χ0v) is 9.54. The molecule has 0 aliphatic rings. The van der Waals surface area contributed by atoms with Crippen LogP contribution in [0.3, 0.4) is 0 Å². The fourth-order valence-corrected chi connectivity index (χ4v) is 1.67. The summed E-state index contributed by atoms with van der Waals surface area (Å²) in [5.41, 5.74) is 8.83. The van der Waals surface area contributed by atoms with Crippen LogP contribution in [0.25, 0.3) is 0 Å². The van der Waals surface area contributed by atoms with E-state index in [1.54, 1.807) is 0 Å². The van der Waals surface area contributed by atoms with E-state index in [9.17, 15) is 0 Å². The summed E-state index contributed by atoms with van der Waals surface area (Å²) in [6, 6.07) is 2.14. The number of nitrogens with zero attached hydrogens (tertiary/aromatic N) is 1.